The van der Waals surface area contributed by atoms with Gasteiger partial charge in [0, 0.05) is 31.6 Å². The number of likely N-dealkylation sites (tertiary alicyclic amines) is 2. The molecule has 11 heteroatoms. The lowest BCUT2D eigenvalue weighted by Gasteiger charge is -2.47. The molecule has 0 aliphatic carbocycles. The van der Waals surface area contributed by atoms with Crippen molar-refractivity contribution in [3.05, 3.63) is 46.8 Å². The van der Waals surface area contributed by atoms with Gasteiger partial charge in [-0.1, -0.05) is 23.4 Å². The number of piperidine rings is 2. The Balaban J connectivity index is 0.000000426. The van der Waals surface area contributed by atoms with Gasteiger partial charge in [0.15, 0.2) is 0 Å². The van der Waals surface area contributed by atoms with Gasteiger partial charge in [0.25, 0.3) is 5.91 Å². The molecule has 0 bridgehead atoms. The second-order valence-corrected chi connectivity index (χ2v) is 11.1. The molecule has 0 saturated carbocycles. The number of hydrogen-bond donors (Lipinski definition) is 1. The number of nitrogens with zero attached hydrogens (tertiary/aromatic N) is 3. The standard InChI is InChI=1S/C25H33N3O3.C2HF3O2/c1-18-21(17-30-26-18)23(29)28-13-9-25(10-14-28)7-11-27(12-8-25)16-20-6-4-5-19-15-24(2,3)31-22(19)20;3-2(4,5)1(6)7/h4-6,17H,7-16H2,1-3H3;(H,6,7). The van der Waals surface area contributed by atoms with E-state index in [-0.39, 0.29) is 11.5 Å². The Morgan fingerprint density at radius 3 is 2.24 bits per heavy atom. The summed E-state index contributed by atoms with van der Waals surface area (Å²) in [5.41, 5.74) is 4.24. The molecule has 5 rings (SSSR count). The zero-order chi connectivity index (χ0) is 27.7. The van der Waals surface area contributed by atoms with Gasteiger partial charge in [0.2, 0.25) is 0 Å². The van der Waals surface area contributed by atoms with Gasteiger partial charge in [-0.15, -0.1) is 0 Å². The summed E-state index contributed by atoms with van der Waals surface area (Å²) in [6.45, 7) is 11.0. The number of alkyl halides is 3. The molecule has 2 fully saturated rings. The maximum absolute atomic E-state index is 12.8. The summed E-state index contributed by atoms with van der Waals surface area (Å²) in [6, 6.07) is 6.60. The third-order valence-electron chi connectivity index (χ3n) is 7.82. The second kappa shape index (κ2) is 10.6. The molecule has 38 heavy (non-hydrogen) atoms. The number of carboxylic acids is 1. The van der Waals surface area contributed by atoms with Gasteiger partial charge in [0.05, 0.1) is 5.69 Å². The first-order valence-corrected chi connectivity index (χ1v) is 12.8. The maximum atomic E-state index is 12.8. The quantitative estimate of drug-likeness (QED) is 0.598. The largest absolute Gasteiger partial charge is 0.490 e. The van der Waals surface area contributed by atoms with Crippen LogP contribution in [0, 0.1) is 12.3 Å². The first-order valence-electron chi connectivity index (χ1n) is 12.8. The van der Waals surface area contributed by atoms with Gasteiger partial charge in [-0.2, -0.15) is 13.2 Å². The molecule has 1 aromatic carbocycles. The van der Waals surface area contributed by atoms with Crippen LogP contribution in [0.5, 0.6) is 5.75 Å². The molecule has 1 amide bonds. The van der Waals surface area contributed by atoms with Crippen molar-refractivity contribution in [1.29, 1.82) is 0 Å². The Morgan fingerprint density at radius 1 is 1.08 bits per heavy atom. The predicted molar refractivity (Wildman–Crippen MR) is 132 cm³/mol. The number of carbonyl (C=O) groups excluding carboxylic acids is 1. The summed E-state index contributed by atoms with van der Waals surface area (Å²) >= 11 is 0. The van der Waals surface area contributed by atoms with Crippen molar-refractivity contribution in [2.45, 2.75) is 71.2 Å². The van der Waals surface area contributed by atoms with Crippen molar-refractivity contribution < 1.29 is 37.1 Å². The average Bonchev–Trinajstić information content (AvgIpc) is 3.42. The van der Waals surface area contributed by atoms with Crippen molar-refractivity contribution in [3.8, 4) is 5.75 Å². The van der Waals surface area contributed by atoms with Crippen LogP contribution in [-0.4, -0.2) is 69.9 Å². The maximum Gasteiger partial charge on any atom is 0.490 e. The number of aromatic nitrogens is 1. The molecular weight excluding hydrogens is 503 g/mol. The number of amides is 1. The van der Waals surface area contributed by atoms with Crippen LogP contribution in [0.3, 0.4) is 0 Å². The van der Waals surface area contributed by atoms with Crippen LogP contribution < -0.4 is 4.74 Å². The van der Waals surface area contributed by atoms with E-state index in [4.69, 9.17) is 19.2 Å². The number of ether oxygens (including phenoxy) is 1. The minimum Gasteiger partial charge on any atom is -0.487 e. The Kier molecular flexibility index (Phi) is 7.79. The lowest BCUT2D eigenvalue weighted by Crippen LogP contribution is -2.48. The number of aryl methyl sites for hydroxylation is 1. The minimum absolute atomic E-state index is 0.0619. The predicted octanol–water partition coefficient (Wildman–Crippen LogP) is 4.85. The summed E-state index contributed by atoms with van der Waals surface area (Å²) in [5, 5.41) is 11.0. The number of rotatable bonds is 3. The van der Waals surface area contributed by atoms with E-state index in [0.29, 0.717) is 16.7 Å². The summed E-state index contributed by atoms with van der Waals surface area (Å²) in [6.07, 6.45) is 1.99. The monoisotopic (exact) mass is 537 g/mol. The number of carbonyl (C=O) groups is 2. The van der Waals surface area contributed by atoms with Gasteiger partial charge in [-0.25, -0.2) is 4.79 Å². The van der Waals surface area contributed by atoms with E-state index in [0.717, 1.165) is 57.7 Å². The lowest BCUT2D eigenvalue weighted by molar-refractivity contribution is -0.192. The van der Waals surface area contributed by atoms with E-state index in [1.165, 1.54) is 30.2 Å². The molecule has 2 saturated heterocycles. The molecule has 1 aromatic heterocycles. The van der Waals surface area contributed by atoms with Crippen molar-refractivity contribution in [2.24, 2.45) is 5.41 Å². The fraction of sp³-hybridized carbons (Fsp3) is 0.593. The fourth-order valence-electron chi connectivity index (χ4n) is 5.58. The Labute approximate surface area is 219 Å². The molecule has 0 radical (unpaired) electrons. The van der Waals surface area contributed by atoms with Gasteiger partial charge in [-0.3, -0.25) is 9.69 Å². The fourth-order valence-corrected chi connectivity index (χ4v) is 5.58. The SMILES string of the molecule is Cc1nocc1C(=O)N1CCC2(CCN(Cc3cccc4c3OC(C)(C)C4)CC2)CC1.O=C(O)C(F)(F)F. The van der Waals surface area contributed by atoms with Gasteiger partial charge >= 0.3 is 12.1 Å². The highest BCUT2D eigenvalue weighted by molar-refractivity contribution is 5.94. The molecule has 8 nitrogen and oxygen atoms in total. The zero-order valence-corrected chi connectivity index (χ0v) is 21.9. The molecule has 3 aliphatic heterocycles. The van der Waals surface area contributed by atoms with Crippen LogP contribution >= 0.6 is 0 Å². The van der Waals surface area contributed by atoms with Crippen molar-refractivity contribution in [1.82, 2.24) is 15.0 Å². The number of fused-ring (bicyclic) bond motifs is 1. The van der Waals surface area contributed by atoms with Crippen LogP contribution in [0.1, 0.15) is 66.7 Å². The van der Waals surface area contributed by atoms with E-state index < -0.39 is 12.1 Å². The lowest BCUT2D eigenvalue weighted by atomic mass is 9.71. The van der Waals surface area contributed by atoms with Crippen LogP contribution in [0.2, 0.25) is 0 Å². The molecule has 0 atom stereocenters. The molecule has 1 spiro atoms. The highest BCUT2D eigenvalue weighted by Gasteiger charge is 2.40. The molecule has 0 unspecified atom stereocenters. The summed E-state index contributed by atoms with van der Waals surface area (Å²) < 4.78 is 43.0. The number of hydrogen-bond acceptors (Lipinski definition) is 6. The van der Waals surface area contributed by atoms with Gasteiger partial charge < -0.3 is 19.3 Å². The third kappa shape index (κ3) is 6.31. The molecule has 4 heterocycles. The minimum atomic E-state index is -5.08. The van der Waals surface area contributed by atoms with E-state index in [1.54, 1.807) is 0 Å². The molecular formula is C27H34F3N3O5. The van der Waals surface area contributed by atoms with Crippen LogP contribution in [0.15, 0.2) is 29.0 Å². The van der Waals surface area contributed by atoms with Gasteiger partial charge in [-0.05, 0) is 70.5 Å². The topological polar surface area (TPSA) is 96.1 Å². The number of carboxylic acid groups (broad SMARTS) is 1. The normalized spacial score (nSPS) is 20.3. The zero-order valence-electron chi connectivity index (χ0n) is 21.9. The van der Waals surface area contributed by atoms with Crippen LogP contribution in [0.25, 0.3) is 0 Å². The van der Waals surface area contributed by atoms with E-state index in [9.17, 15) is 18.0 Å². The first kappa shape index (κ1) is 27.9. The first-order chi connectivity index (χ1) is 17.8. The number of aliphatic carboxylic acids is 1. The van der Waals surface area contributed by atoms with Crippen molar-refractivity contribution in [2.75, 3.05) is 26.2 Å². The summed E-state index contributed by atoms with van der Waals surface area (Å²) in [5.74, 6) is -1.58. The summed E-state index contributed by atoms with van der Waals surface area (Å²) in [7, 11) is 0. The molecule has 1 N–H and O–H groups in total. The van der Waals surface area contributed by atoms with E-state index in [2.05, 4.69) is 42.1 Å². The van der Waals surface area contributed by atoms with Crippen LogP contribution in [-0.2, 0) is 17.8 Å². The van der Waals surface area contributed by atoms with Crippen molar-refractivity contribution >= 4 is 11.9 Å². The van der Waals surface area contributed by atoms with Crippen LogP contribution in [0.4, 0.5) is 13.2 Å². The Bertz CT molecular complexity index is 1160. The number of para-hydroxylation sites is 1. The molecule has 2 aromatic rings. The average molecular weight is 538 g/mol. The van der Waals surface area contributed by atoms with Crippen molar-refractivity contribution in [3.63, 3.8) is 0 Å². The molecule has 3 aliphatic rings. The number of halogens is 3. The highest BCUT2D eigenvalue weighted by Crippen LogP contribution is 2.43. The molecule has 208 valence electrons. The Morgan fingerprint density at radius 2 is 1.68 bits per heavy atom. The second-order valence-electron chi connectivity index (χ2n) is 11.1. The highest BCUT2D eigenvalue weighted by atomic mass is 19.4. The van der Waals surface area contributed by atoms with Gasteiger partial charge in [0.1, 0.15) is 23.2 Å². The van der Waals surface area contributed by atoms with E-state index >= 15 is 0 Å². The smallest absolute Gasteiger partial charge is 0.487 e. The van der Waals surface area contributed by atoms with E-state index in [1.807, 2.05) is 11.8 Å². The number of benzene rings is 1. The third-order valence-corrected chi connectivity index (χ3v) is 7.82. The summed E-state index contributed by atoms with van der Waals surface area (Å²) in [4.78, 5) is 26.2. The Hall–Kier alpha value is -3.08.